The average Bonchev–Trinajstić information content (AvgIpc) is 2.44. The van der Waals surface area contributed by atoms with Crippen molar-refractivity contribution in [2.45, 2.75) is 59.3 Å². The first-order valence-corrected chi connectivity index (χ1v) is 9.26. The van der Waals surface area contributed by atoms with Crippen molar-refractivity contribution >= 4 is 22.6 Å². The molecular formula is C21H25IN2. The lowest BCUT2D eigenvalue weighted by Crippen LogP contribution is -2.26. The third-order valence-electron chi connectivity index (χ3n) is 4.09. The lowest BCUT2D eigenvalue weighted by atomic mass is 9.72. The zero-order valence-electron chi connectivity index (χ0n) is 15.6. The minimum absolute atomic E-state index is 0.105. The van der Waals surface area contributed by atoms with Gasteiger partial charge in [-0.3, -0.25) is 0 Å². The Morgan fingerprint density at radius 2 is 1.42 bits per heavy atom. The summed E-state index contributed by atoms with van der Waals surface area (Å²) in [4.78, 5) is 4.85. The lowest BCUT2D eigenvalue weighted by molar-refractivity contribution is 0.527. The van der Waals surface area contributed by atoms with Gasteiger partial charge in [-0.15, -0.1) is 0 Å². The number of nitrogens with zero attached hydrogens (tertiary/aromatic N) is 2. The first kappa shape index (κ1) is 18.9. The standard InChI is InChI=1S/C21H25IN2/c1-13-8-10-14(11-9-13)18-17(21(5,6)7)16(20(2,3)4)15(12-23)19(22)24-18/h8-11H,1-7H3. The smallest absolute Gasteiger partial charge is 0.120 e. The van der Waals surface area contributed by atoms with Crippen molar-refractivity contribution in [2.24, 2.45) is 0 Å². The molecule has 2 nitrogen and oxygen atoms in total. The van der Waals surface area contributed by atoms with E-state index in [9.17, 15) is 5.26 Å². The zero-order chi connectivity index (χ0) is 18.3. The molecule has 1 aromatic heterocycles. The third-order valence-corrected chi connectivity index (χ3v) is 4.87. The van der Waals surface area contributed by atoms with Crippen LogP contribution in [0.1, 0.15) is 63.8 Å². The van der Waals surface area contributed by atoms with Gasteiger partial charge in [-0.25, -0.2) is 4.98 Å². The van der Waals surface area contributed by atoms with Crippen LogP contribution in [0.15, 0.2) is 24.3 Å². The fourth-order valence-corrected chi connectivity index (χ4v) is 3.69. The Hall–Kier alpha value is -1.41. The second-order valence-corrected chi connectivity index (χ2v) is 9.38. The average molecular weight is 432 g/mol. The van der Waals surface area contributed by atoms with Crippen LogP contribution in [0, 0.1) is 22.0 Å². The van der Waals surface area contributed by atoms with Gasteiger partial charge in [0.15, 0.2) is 0 Å². The second kappa shape index (κ2) is 6.48. The van der Waals surface area contributed by atoms with Crippen molar-refractivity contribution in [3.63, 3.8) is 0 Å². The Labute approximate surface area is 159 Å². The van der Waals surface area contributed by atoms with Crippen LogP contribution in [0.3, 0.4) is 0 Å². The van der Waals surface area contributed by atoms with Gasteiger partial charge >= 0.3 is 0 Å². The Morgan fingerprint density at radius 3 is 1.83 bits per heavy atom. The van der Waals surface area contributed by atoms with E-state index < -0.39 is 0 Å². The van der Waals surface area contributed by atoms with E-state index in [-0.39, 0.29) is 10.8 Å². The van der Waals surface area contributed by atoms with E-state index >= 15 is 0 Å². The van der Waals surface area contributed by atoms with Crippen LogP contribution in [0.5, 0.6) is 0 Å². The maximum Gasteiger partial charge on any atom is 0.120 e. The molecule has 2 rings (SSSR count). The number of rotatable bonds is 1. The number of aryl methyl sites for hydroxylation is 1. The monoisotopic (exact) mass is 432 g/mol. The number of benzene rings is 1. The van der Waals surface area contributed by atoms with Crippen molar-refractivity contribution < 1.29 is 0 Å². The largest absolute Gasteiger partial charge is 0.240 e. The number of nitriles is 1. The van der Waals surface area contributed by atoms with Crippen LogP contribution in [0.25, 0.3) is 11.3 Å². The summed E-state index contributed by atoms with van der Waals surface area (Å²) in [6, 6.07) is 10.9. The van der Waals surface area contributed by atoms with E-state index in [4.69, 9.17) is 4.98 Å². The molecule has 2 aromatic rings. The summed E-state index contributed by atoms with van der Waals surface area (Å²) in [7, 11) is 0. The Kier molecular flexibility index (Phi) is 5.11. The molecule has 0 amide bonds. The SMILES string of the molecule is Cc1ccc(-c2nc(I)c(C#N)c(C(C)(C)C)c2C(C)(C)C)cc1. The van der Waals surface area contributed by atoms with Gasteiger partial charge in [0, 0.05) is 5.56 Å². The molecule has 1 aromatic carbocycles. The zero-order valence-corrected chi connectivity index (χ0v) is 17.7. The highest BCUT2D eigenvalue weighted by atomic mass is 127. The van der Waals surface area contributed by atoms with Gasteiger partial charge in [-0.1, -0.05) is 71.4 Å². The Balaban J connectivity index is 2.99. The summed E-state index contributed by atoms with van der Waals surface area (Å²) in [6.45, 7) is 15.2. The molecule has 126 valence electrons. The first-order valence-electron chi connectivity index (χ1n) is 8.18. The molecule has 0 spiro atoms. The van der Waals surface area contributed by atoms with Crippen LogP contribution in [0.4, 0.5) is 0 Å². The fraction of sp³-hybridized carbons (Fsp3) is 0.429. The number of hydrogen-bond donors (Lipinski definition) is 0. The van der Waals surface area contributed by atoms with Crippen molar-refractivity contribution in [1.82, 2.24) is 4.98 Å². The molecule has 0 fully saturated rings. The summed E-state index contributed by atoms with van der Waals surface area (Å²) >= 11 is 2.20. The number of pyridine rings is 1. The normalized spacial score (nSPS) is 12.1. The van der Waals surface area contributed by atoms with Crippen LogP contribution in [0.2, 0.25) is 0 Å². The van der Waals surface area contributed by atoms with Crippen LogP contribution in [-0.4, -0.2) is 4.98 Å². The number of hydrogen-bond acceptors (Lipinski definition) is 2. The van der Waals surface area contributed by atoms with E-state index in [1.165, 1.54) is 11.1 Å². The predicted octanol–water partition coefficient (Wildman–Crippen LogP) is 6.13. The summed E-state index contributed by atoms with van der Waals surface area (Å²) in [6.07, 6.45) is 0. The molecular weight excluding hydrogens is 407 g/mol. The summed E-state index contributed by atoms with van der Waals surface area (Å²) in [5, 5.41) is 9.76. The minimum Gasteiger partial charge on any atom is -0.240 e. The molecule has 24 heavy (non-hydrogen) atoms. The van der Waals surface area contributed by atoms with E-state index in [0.29, 0.717) is 5.56 Å². The molecule has 0 aliphatic rings. The van der Waals surface area contributed by atoms with Gasteiger partial charge in [-0.05, 0) is 51.5 Å². The maximum atomic E-state index is 9.76. The summed E-state index contributed by atoms with van der Waals surface area (Å²) < 4.78 is 0.781. The van der Waals surface area contributed by atoms with Crippen LogP contribution < -0.4 is 0 Å². The number of aromatic nitrogens is 1. The third kappa shape index (κ3) is 3.64. The van der Waals surface area contributed by atoms with E-state index in [1.54, 1.807) is 0 Å². The van der Waals surface area contributed by atoms with Crippen molar-refractivity contribution in [3.8, 4) is 17.3 Å². The topological polar surface area (TPSA) is 36.7 Å². The molecule has 0 radical (unpaired) electrons. The first-order chi connectivity index (χ1) is 11.0. The molecule has 0 bridgehead atoms. The molecule has 0 unspecified atom stereocenters. The molecule has 0 aliphatic heterocycles. The summed E-state index contributed by atoms with van der Waals surface area (Å²) in [5.41, 5.74) is 6.11. The molecule has 0 saturated heterocycles. The van der Waals surface area contributed by atoms with E-state index in [0.717, 1.165) is 20.5 Å². The molecule has 0 N–H and O–H groups in total. The molecule has 1 heterocycles. The Morgan fingerprint density at radius 1 is 0.917 bits per heavy atom. The van der Waals surface area contributed by atoms with Crippen LogP contribution in [-0.2, 0) is 10.8 Å². The fourth-order valence-electron chi connectivity index (χ4n) is 3.06. The van der Waals surface area contributed by atoms with Gasteiger partial charge < -0.3 is 0 Å². The maximum absolute atomic E-state index is 9.76. The Bertz CT molecular complexity index is 798. The van der Waals surface area contributed by atoms with Crippen molar-refractivity contribution in [1.29, 1.82) is 5.26 Å². The quantitative estimate of drug-likeness (QED) is 0.402. The highest BCUT2D eigenvalue weighted by Gasteiger charge is 2.33. The molecule has 0 aliphatic carbocycles. The molecule has 0 saturated carbocycles. The highest BCUT2D eigenvalue weighted by Crippen LogP contribution is 2.42. The highest BCUT2D eigenvalue weighted by molar-refractivity contribution is 14.1. The van der Waals surface area contributed by atoms with Gasteiger partial charge in [0.1, 0.15) is 9.77 Å². The summed E-state index contributed by atoms with van der Waals surface area (Å²) in [5.74, 6) is 0. The minimum atomic E-state index is -0.129. The van der Waals surface area contributed by atoms with Gasteiger partial charge in [0.05, 0.1) is 11.3 Å². The van der Waals surface area contributed by atoms with Crippen molar-refractivity contribution in [3.05, 3.63) is 50.2 Å². The van der Waals surface area contributed by atoms with Gasteiger partial charge in [0.2, 0.25) is 0 Å². The number of halogens is 1. The van der Waals surface area contributed by atoms with Crippen LogP contribution >= 0.6 is 22.6 Å². The van der Waals surface area contributed by atoms with Gasteiger partial charge in [0.25, 0.3) is 0 Å². The molecule has 0 atom stereocenters. The predicted molar refractivity (Wildman–Crippen MR) is 109 cm³/mol. The van der Waals surface area contributed by atoms with E-state index in [2.05, 4.69) is 101 Å². The lowest BCUT2D eigenvalue weighted by Gasteiger charge is -2.33. The van der Waals surface area contributed by atoms with Crippen molar-refractivity contribution in [2.75, 3.05) is 0 Å². The van der Waals surface area contributed by atoms with E-state index in [1.807, 2.05) is 0 Å². The molecule has 3 heteroatoms. The van der Waals surface area contributed by atoms with Gasteiger partial charge in [-0.2, -0.15) is 5.26 Å². The second-order valence-electron chi connectivity index (χ2n) is 8.35.